The maximum Gasteiger partial charge on any atom is 0.122 e. The van der Waals surface area contributed by atoms with Gasteiger partial charge in [0.05, 0.1) is 17.8 Å². The molecular weight excluding hydrogens is 420 g/mol. The van der Waals surface area contributed by atoms with E-state index in [1.807, 2.05) is 0 Å². The van der Waals surface area contributed by atoms with Crippen LogP contribution in [0.4, 0.5) is 0 Å². The van der Waals surface area contributed by atoms with E-state index in [1.165, 1.54) is 11.1 Å². The SMILES string of the molecule is C=C(c1ccc(OC(C)C)c(C)c1)N1CCC2(CC1)CN(CC(C)C)CC(c1ccccc1)O2. The molecule has 2 aromatic carbocycles. The van der Waals surface area contributed by atoms with Crippen LogP contribution in [0.5, 0.6) is 5.75 Å². The Morgan fingerprint density at radius 2 is 1.79 bits per heavy atom. The zero-order valence-corrected chi connectivity index (χ0v) is 21.7. The number of benzene rings is 2. The highest BCUT2D eigenvalue weighted by Gasteiger charge is 2.43. The average Bonchev–Trinajstić information content (AvgIpc) is 2.80. The lowest BCUT2D eigenvalue weighted by Gasteiger charge is -2.51. The highest BCUT2D eigenvalue weighted by atomic mass is 16.5. The van der Waals surface area contributed by atoms with Crippen LogP contribution in [-0.4, -0.2) is 54.2 Å². The Balaban J connectivity index is 1.45. The first-order valence-corrected chi connectivity index (χ1v) is 12.9. The molecule has 2 saturated heterocycles. The molecule has 34 heavy (non-hydrogen) atoms. The highest BCUT2D eigenvalue weighted by molar-refractivity contribution is 5.64. The van der Waals surface area contributed by atoms with Crippen molar-refractivity contribution in [2.75, 3.05) is 32.7 Å². The molecule has 0 bridgehead atoms. The van der Waals surface area contributed by atoms with Gasteiger partial charge in [0.2, 0.25) is 0 Å². The molecule has 0 N–H and O–H groups in total. The minimum absolute atomic E-state index is 0.0880. The lowest BCUT2D eigenvalue weighted by Crippen LogP contribution is -2.57. The third kappa shape index (κ3) is 5.84. The molecule has 0 amide bonds. The van der Waals surface area contributed by atoms with E-state index >= 15 is 0 Å². The second-order valence-corrected chi connectivity index (χ2v) is 10.9. The normalized spacial score (nSPS) is 20.8. The van der Waals surface area contributed by atoms with Crippen molar-refractivity contribution in [3.05, 3.63) is 71.8 Å². The Kier molecular flexibility index (Phi) is 7.69. The maximum atomic E-state index is 6.90. The van der Waals surface area contributed by atoms with Crippen molar-refractivity contribution >= 4 is 5.70 Å². The van der Waals surface area contributed by atoms with Gasteiger partial charge in [0.25, 0.3) is 0 Å². The van der Waals surface area contributed by atoms with Crippen LogP contribution in [0.2, 0.25) is 0 Å². The highest BCUT2D eigenvalue weighted by Crippen LogP contribution is 2.39. The molecule has 2 fully saturated rings. The summed E-state index contributed by atoms with van der Waals surface area (Å²) in [5.41, 5.74) is 4.64. The number of hydrogen-bond donors (Lipinski definition) is 0. The van der Waals surface area contributed by atoms with Crippen LogP contribution in [-0.2, 0) is 4.74 Å². The van der Waals surface area contributed by atoms with E-state index in [2.05, 4.69) is 99.5 Å². The lowest BCUT2D eigenvalue weighted by molar-refractivity contribution is -0.176. The molecule has 0 radical (unpaired) electrons. The topological polar surface area (TPSA) is 24.9 Å². The summed E-state index contributed by atoms with van der Waals surface area (Å²) in [5.74, 6) is 1.61. The number of nitrogens with zero attached hydrogens (tertiary/aromatic N) is 2. The number of morpholine rings is 1. The third-order valence-electron chi connectivity index (χ3n) is 7.05. The van der Waals surface area contributed by atoms with E-state index in [1.54, 1.807) is 0 Å². The standard InChI is InChI=1S/C30H42N2O2/c1-22(2)19-31-20-29(26-10-8-7-9-11-26)34-30(21-31)14-16-32(17-15-30)25(6)27-12-13-28(24(5)18-27)33-23(3)4/h7-13,18,22-23,29H,6,14-17,19-21H2,1-5H3. The van der Waals surface area contributed by atoms with Crippen LogP contribution in [0.15, 0.2) is 55.1 Å². The van der Waals surface area contributed by atoms with E-state index in [-0.39, 0.29) is 17.8 Å². The zero-order valence-electron chi connectivity index (χ0n) is 21.7. The predicted molar refractivity (Wildman–Crippen MR) is 141 cm³/mol. The number of rotatable bonds is 7. The summed E-state index contributed by atoms with van der Waals surface area (Å²) in [6.07, 6.45) is 2.37. The molecular formula is C30H42N2O2. The quantitative estimate of drug-likeness (QED) is 0.481. The molecule has 2 heterocycles. The molecule has 4 rings (SSSR count). The Bertz CT molecular complexity index is 961. The molecule has 1 spiro atoms. The van der Waals surface area contributed by atoms with Gasteiger partial charge in [-0.15, -0.1) is 0 Å². The second-order valence-electron chi connectivity index (χ2n) is 10.9. The monoisotopic (exact) mass is 462 g/mol. The van der Waals surface area contributed by atoms with Gasteiger partial charge in [-0.3, -0.25) is 4.90 Å². The van der Waals surface area contributed by atoms with E-state index in [4.69, 9.17) is 9.47 Å². The summed E-state index contributed by atoms with van der Waals surface area (Å²) in [7, 11) is 0. The molecule has 4 nitrogen and oxygen atoms in total. The summed E-state index contributed by atoms with van der Waals surface area (Å²) >= 11 is 0. The van der Waals surface area contributed by atoms with E-state index in [9.17, 15) is 0 Å². The largest absolute Gasteiger partial charge is 0.491 e. The number of ether oxygens (including phenoxy) is 2. The Hall–Kier alpha value is -2.30. The summed E-state index contributed by atoms with van der Waals surface area (Å²) in [6.45, 7) is 20.4. The Labute approximate surface area is 206 Å². The van der Waals surface area contributed by atoms with Gasteiger partial charge in [0, 0.05) is 38.4 Å². The van der Waals surface area contributed by atoms with E-state index < -0.39 is 0 Å². The fourth-order valence-corrected chi connectivity index (χ4v) is 5.44. The minimum atomic E-state index is -0.0880. The number of piperidine rings is 1. The minimum Gasteiger partial charge on any atom is -0.491 e. The maximum absolute atomic E-state index is 6.90. The van der Waals surface area contributed by atoms with Crippen LogP contribution >= 0.6 is 0 Å². The summed E-state index contributed by atoms with van der Waals surface area (Å²) in [4.78, 5) is 5.07. The van der Waals surface area contributed by atoms with Crippen molar-refractivity contribution in [3.63, 3.8) is 0 Å². The number of hydrogen-bond acceptors (Lipinski definition) is 4. The van der Waals surface area contributed by atoms with E-state index in [0.29, 0.717) is 5.92 Å². The van der Waals surface area contributed by atoms with Crippen LogP contribution < -0.4 is 4.74 Å². The lowest BCUT2D eigenvalue weighted by atomic mass is 9.87. The number of likely N-dealkylation sites (tertiary alicyclic amines) is 1. The Morgan fingerprint density at radius 3 is 2.41 bits per heavy atom. The van der Waals surface area contributed by atoms with Crippen molar-refractivity contribution in [1.29, 1.82) is 0 Å². The smallest absolute Gasteiger partial charge is 0.122 e. The van der Waals surface area contributed by atoms with Gasteiger partial charge < -0.3 is 14.4 Å². The van der Waals surface area contributed by atoms with Gasteiger partial charge in [-0.05, 0) is 74.4 Å². The fourth-order valence-electron chi connectivity index (χ4n) is 5.44. The van der Waals surface area contributed by atoms with Gasteiger partial charge in [0.1, 0.15) is 5.75 Å². The van der Waals surface area contributed by atoms with E-state index in [0.717, 1.165) is 62.6 Å². The van der Waals surface area contributed by atoms with Crippen molar-refractivity contribution in [3.8, 4) is 5.75 Å². The van der Waals surface area contributed by atoms with Gasteiger partial charge in [-0.2, -0.15) is 0 Å². The van der Waals surface area contributed by atoms with Crippen molar-refractivity contribution in [2.45, 2.75) is 65.3 Å². The molecule has 2 aliphatic rings. The van der Waals surface area contributed by atoms with Crippen molar-refractivity contribution in [1.82, 2.24) is 9.80 Å². The summed E-state index contributed by atoms with van der Waals surface area (Å²) in [6, 6.07) is 17.2. The van der Waals surface area contributed by atoms with Gasteiger partial charge in [0.15, 0.2) is 0 Å². The molecule has 4 heteroatoms. The van der Waals surface area contributed by atoms with Gasteiger partial charge in [-0.25, -0.2) is 0 Å². The molecule has 0 aromatic heterocycles. The first-order valence-electron chi connectivity index (χ1n) is 12.9. The van der Waals surface area contributed by atoms with Crippen LogP contribution in [0.3, 0.4) is 0 Å². The zero-order chi connectivity index (χ0) is 24.3. The second kappa shape index (κ2) is 10.5. The molecule has 0 saturated carbocycles. The van der Waals surface area contributed by atoms with Gasteiger partial charge in [-0.1, -0.05) is 50.8 Å². The molecule has 0 aliphatic carbocycles. The molecule has 2 aromatic rings. The predicted octanol–water partition coefficient (Wildman–Crippen LogP) is 6.32. The fraction of sp³-hybridized carbons (Fsp3) is 0.533. The van der Waals surface area contributed by atoms with Crippen molar-refractivity contribution in [2.24, 2.45) is 5.92 Å². The molecule has 2 aliphatic heterocycles. The molecule has 184 valence electrons. The number of aryl methyl sites for hydroxylation is 1. The molecule has 1 unspecified atom stereocenters. The van der Waals surface area contributed by atoms with Crippen LogP contribution in [0.25, 0.3) is 5.70 Å². The summed E-state index contributed by atoms with van der Waals surface area (Å²) < 4.78 is 12.8. The average molecular weight is 463 g/mol. The van der Waals surface area contributed by atoms with Crippen LogP contribution in [0, 0.1) is 12.8 Å². The molecule has 1 atom stereocenters. The first kappa shape index (κ1) is 24.8. The Morgan fingerprint density at radius 1 is 1.09 bits per heavy atom. The summed E-state index contributed by atoms with van der Waals surface area (Å²) in [5, 5.41) is 0. The van der Waals surface area contributed by atoms with Gasteiger partial charge >= 0.3 is 0 Å². The van der Waals surface area contributed by atoms with Crippen LogP contribution in [0.1, 0.15) is 63.3 Å². The van der Waals surface area contributed by atoms with Crippen molar-refractivity contribution < 1.29 is 9.47 Å². The first-order chi connectivity index (χ1) is 16.2. The third-order valence-corrected chi connectivity index (χ3v) is 7.05.